The molecule has 1 aliphatic heterocycles. The topological polar surface area (TPSA) is 67.5 Å². The summed E-state index contributed by atoms with van der Waals surface area (Å²) >= 11 is 11.9. The lowest BCUT2D eigenvalue weighted by Crippen LogP contribution is -2.24. The van der Waals surface area contributed by atoms with Gasteiger partial charge in [-0.3, -0.25) is 0 Å². The zero-order valence-electron chi connectivity index (χ0n) is 9.83. The van der Waals surface area contributed by atoms with Crippen molar-refractivity contribution in [1.82, 2.24) is 9.55 Å². The molecule has 1 aromatic carbocycles. The van der Waals surface area contributed by atoms with Crippen LogP contribution in [0.15, 0.2) is 18.5 Å². The van der Waals surface area contributed by atoms with E-state index in [2.05, 4.69) is 4.98 Å². The van der Waals surface area contributed by atoms with Crippen molar-refractivity contribution in [3.63, 3.8) is 0 Å². The Morgan fingerprint density at radius 3 is 2.79 bits per heavy atom. The van der Waals surface area contributed by atoms with E-state index in [1.807, 2.05) is 0 Å². The van der Waals surface area contributed by atoms with Gasteiger partial charge in [-0.2, -0.15) is 0 Å². The molecule has 0 bridgehead atoms. The molecule has 1 aliphatic rings. The van der Waals surface area contributed by atoms with Gasteiger partial charge in [-0.05, 0) is 12.1 Å². The number of rotatable bonds is 2. The number of benzene rings is 1. The van der Waals surface area contributed by atoms with Crippen molar-refractivity contribution in [2.24, 2.45) is 0 Å². The number of aliphatic hydroxyl groups excluding tert-OH is 2. The average molecular weight is 303 g/mol. The average Bonchev–Trinajstić information content (AvgIpc) is 2.93. The third-order valence-corrected chi connectivity index (χ3v) is 4.03. The van der Waals surface area contributed by atoms with Crippen molar-refractivity contribution in [3.8, 4) is 0 Å². The van der Waals surface area contributed by atoms with Crippen molar-refractivity contribution < 1.29 is 14.9 Å². The first kappa shape index (κ1) is 13.1. The molecule has 0 unspecified atom stereocenters. The van der Waals surface area contributed by atoms with Crippen LogP contribution in [0.5, 0.6) is 0 Å². The summed E-state index contributed by atoms with van der Waals surface area (Å²) in [5.74, 6) is 0. The van der Waals surface area contributed by atoms with Crippen molar-refractivity contribution in [2.45, 2.75) is 24.9 Å². The normalized spacial score (nSPS) is 27.3. The highest BCUT2D eigenvalue weighted by molar-refractivity contribution is 6.42. The second kappa shape index (κ2) is 4.92. The predicted molar refractivity (Wildman–Crippen MR) is 71.4 cm³/mol. The van der Waals surface area contributed by atoms with E-state index >= 15 is 0 Å². The third-order valence-electron chi connectivity index (χ3n) is 3.31. The van der Waals surface area contributed by atoms with Crippen LogP contribution in [0.3, 0.4) is 0 Å². The van der Waals surface area contributed by atoms with Crippen LogP contribution in [0, 0.1) is 0 Å². The molecule has 1 aromatic heterocycles. The molecule has 0 radical (unpaired) electrons. The Balaban J connectivity index is 2.00. The van der Waals surface area contributed by atoms with Gasteiger partial charge in [0.1, 0.15) is 12.3 Å². The molecule has 1 fully saturated rings. The summed E-state index contributed by atoms with van der Waals surface area (Å²) in [6.07, 6.45) is 0.403. The zero-order valence-corrected chi connectivity index (χ0v) is 11.3. The molecule has 2 heterocycles. The molecule has 3 rings (SSSR count). The number of aromatic nitrogens is 2. The second-order valence-corrected chi connectivity index (χ2v) is 5.34. The number of imidazole rings is 1. The van der Waals surface area contributed by atoms with Gasteiger partial charge >= 0.3 is 0 Å². The first-order chi connectivity index (χ1) is 9.10. The van der Waals surface area contributed by atoms with Crippen LogP contribution in [0.25, 0.3) is 11.0 Å². The standard InChI is InChI=1S/C12H12Cl2N2O3/c13-6-1-8-9(2-7(6)14)16(5-15-8)12-3-10(18)11(4-17)19-12/h1-2,5,10-12,17-18H,3-4H2/t10-,11-,12+/m0/s1. The molecule has 2 aromatic rings. The van der Waals surface area contributed by atoms with Gasteiger partial charge in [0.05, 0.1) is 40.1 Å². The molecule has 19 heavy (non-hydrogen) atoms. The van der Waals surface area contributed by atoms with E-state index in [0.717, 1.165) is 5.52 Å². The number of hydrogen-bond donors (Lipinski definition) is 2. The molecular weight excluding hydrogens is 291 g/mol. The lowest BCUT2D eigenvalue weighted by Gasteiger charge is -2.14. The van der Waals surface area contributed by atoms with E-state index in [1.54, 1.807) is 23.0 Å². The Morgan fingerprint density at radius 2 is 2.11 bits per heavy atom. The van der Waals surface area contributed by atoms with E-state index < -0.39 is 12.2 Å². The van der Waals surface area contributed by atoms with Gasteiger partial charge < -0.3 is 19.5 Å². The van der Waals surface area contributed by atoms with Crippen LogP contribution in [0.4, 0.5) is 0 Å². The first-order valence-corrected chi connectivity index (χ1v) is 6.61. The van der Waals surface area contributed by atoms with Crippen LogP contribution in [-0.4, -0.2) is 38.6 Å². The Labute approximate surface area is 119 Å². The highest BCUT2D eigenvalue weighted by atomic mass is 35.5. The van der Waals surface area contributed by atoms with Gasteiger partial charge in [-0.1, -0.05) is 23.2 Å². The zero-order chi connectivity index (χ0) is 13.6. The number of fused-ring (bicyclic) bond motifs is 1. The Morgan fingerprint density at radius 1 is 1.37 bits per heavy atom. The fourth-order valence-corrected chi connectivity index (χ4v) is 2.62. The summed E-state index contributed by atoms with van der Waals surface area (Å²) in [6.45, 7) is -0.211. The van der Waals surface area contributed by atoms with Gasteiger partial charge in [0.25, 0.3) is 0 Å². The van der Waals surface area contributed by atoms with Crippen molar-refractivity contribution >= 4 is 34.2 Å². The van der Waals surface area contributed by atoms with Gasteiger partial charge in [-0.15, -0.1) is 0 Å². The van der Waals surface area contributed by atoms with E-state index in [4.69, 9.17) is 33.0 Å². The maximum absolute atomic E-state index is 9.76. The number of aliphatic hydroxyl groups is 2. The monoisotopic (exact) mass is 302 g/mol. The Bertz CT molecular complexity index is 616. The van der Waals surface area contributed by atoms with E-state index in [9.17, 15) is 5.11 Å². The number of ether oxygens (including phenoxy) is 1. The molecule has 0 aliphatic carbocycles. The van der Waals surface area contributed by atoms with E-state index in [-0.39, 0.29) is 12.8 Å². The van der Waals surface area contributed by atoms with Crippen LogP contribution in [-0.2, 0) is 4.74 Å². The van der Waals surface area contributed by atoms with Crippen LogP contribution >= 0.6 is 23.2 Å². The summed E-state index contributed by atoms with van der Waals surface area (Å²) in [5.41, 5.74) is 1.49. The van der Waals surface area contributed by atoms with Gasteiger partial charge in [0, 0.05) is 6.42 Å². The summed E-state index contributed by atoms with van der Waals surface area (Å²) in [4.78, 5) is 4.24. The summed E-state index contributed by atoms with van der Waals surface area (Å²) in [7, 11) is 0. The number of halogens is 2. The first-order valence-electron chi connectivity index (χ1n) is 5.86. The van der Waals surface area contributed by atoms with E-state index in [0.29, 0.717) is 22.0 Å². The lowest BCUT2D eigenvalue weighted by atomic mass is 10.2. The minimum atomic E-state index is -0.685. The van der Waals surface area contributed by atoms with Crippen LogP contribution < -0.4 is 0 Å². The predicted octanol–water partition coefficient (Wildman–Crippen LogP) is 1.98. The number of hydrogen-bond acceptors (Lipinski definition) is 4. The van der Waals surface area contributed by atoms with Crippen LogP contribution in [0.2, 0.25) is 10.0 Å². The molecule has 7 heteroatoms. The second-order valence-electron chi connectivity index (χ2n) is 4.52. The van der Waals surface area contributed by atoms with Gasteiger partial charge in [0.15, 0.2) is 0 Å². The molecule has 0 spiro atoms. The molecule has 1 saturated heterocycles. The maximum atomic E-state index is 9.76. The molecule has 5 nitrogen and oxygen atoms in total. The molecule has 3 atom stereocenters. The summed E-state index contributed by atoms with van der Waals surface area (Å²) in [6, 6.07) is 3.40. The molecule has 0 amide bonds. The Kier molecular flexibility index (Phi) is 3.41. The lowest BCUT2D eigenvalue weighted by molar-refractivity contribution is -0.0430. The fraction of sp³-hybridized carbons (Fsp3) is 0.417. The Hall–Kier alpha value is -0.850. The maximum Gasteiger partial charge on any atom is 0.138 e. The minimum absolute atomic E-state index is 0.211. The van der Waals surface area contributed by atoms with Gasteiger partial charge in [-0.25, -0.2) is 4.98 Å². The van der Waals surface area contributed by atoms with Crippen molar-refractivity contribution in [3.05, 3.63) is 28.5 Å². The quantitative estimate of drug-likeness (QED) is 0.890. The SMILES string of the molecule is OC[C@@H]1O[C@@H](n2cnc3cc(Cl)c(Cl)cc32)C[C@@H]1O. The number of nitrogens with zero attached hydrogens (tertiary/aromatic N) is 2. The van der Waals surface area contributed by atoms with Gasteiger partial charge in [0.2, 0.25) is 0 Å². The minimum Gasteiger partial charge on any atom is -0.394 e. The molecule has 2 N–H and O–H groups in total. The fourth-order valence-electron chi connectivity index (χ4n) is 2.30. The third kappa shape index (κ3) is 2.22. The highest BCUT2D eigenvalue weighted by Gasteiger charge is 2.34. The van der Waals surface area contributed by atoms with Crippen LogP contribution in [0.1, 0.15) is 12.6 Å². The highest BCUT2D eigenvalue weighted by Crippen LogP contribution is 2.33. The molecule has 0 saturated carbocycles. The van der Waals surface area contributed by atoms with Crippen molar-refractivity contribution in [1.29, 1.82) is 0 Å². The molecular formula is C12H12Cl2N2O3. The summed E-state index contributed by atoms with van der Waals surface area (Å²) < 4.78 is 7.38. The summed E-state index contributed by atoms with van der Waals surface area (Å²) in [5, 5.41) is 19.7. The largest absolute Gasteiger partial charge is 0.394 e. The smallest absolute Gasteiger partial charge is 0.138 e. The van der Waals surface area contributed by atoms with Crippen molar-refractivity contribution in [2.75, 3.05) is 6.61 Å². The molecule has 102 valence electrons. The van der Waals surface area contributed by atoms with E-state index in [1.165, 1.54) is 0 Å².